The number of hydrogen-bond acceptors (Lipinski definition) is 7. The van der Waals surface area contributed by atoms with Crippen molar-refractivity contribution in [1.82, 2.24) is 0 Å². The molecule has 7 aromatic rings. The molecule has 0 N–H and O–H groups in total. The smallest absolute Gasteiger partial charge is 0.194 e. The Morgan fingerprint density at radius 1 is 0.483 bits per heavy atom. The molecule has 0 atom stereocenters. The van der Waals surface area contributed by atoms with Gasteiger partial charge in [-0.3, -0.25) is 4.79 Å². The van der Waals surface area contributed by atoms with Crippen molar-refractivity contribution in [2.75, 3.05) is 31.1 Å². The maximum atomic E-state index is 11.3. The second-order valence-electron chi connectivity index (χ2n) is 13.5. The SMILES string of the molecule is [C-]#[N+]c1cc(/C=C/c2ccc(N(c3ccc(C=O)cc3)c3ccc(OC)cc3)cc2)c(C#N)cc1/C=C/c1ccc(N(c2ccc(OC)cc2)c2ccc(OC)cc2)cc1. The van der Waals surface area contributed by atoms with Crippen LogP contribution < -0.4 is 24.0 Å². The van der Waals surface area contributed by atoms with E-state index in [-0.39, 0.29) is 0 Å². The largest absolute Gasteiger partial charge is 0.497 e. The first kappa shape index (κ1) is 39.9. The van der Waals surface area contributed by atoms with E-state index < -0.39 is 0 Å². The molecule has 0 amide bonds. The topological polar surface area (TPSA) is 79.4 Å². The number of anilines is 6. The van der Waals surface area contributed by atoms with E-state index in [0.29, 0.717) is 27.9 Å². The van der Waals surface area contributed by atoms with Crippen LogP contribution >= 0.6 is 0 Å². The Bertz CT molecular complexity index is 2660. The average molecular weight is 785 g/mol. The second-order valence-corrected chi connectivity index (χ2v) is 13.5. The van der Waals surface area contributed by atoms with Gasteiger partial charge < -0.3 is 24.0 Å². The van der Waals surface area contributed by atoms with Crippen molar-refractivity contribution < 1.29 is 19.0 Å². The molecule has 0 heterocycles. The standard InChI is InChI=1S/C52H40N4O4/c1-54-52-34-40(13-5-37-7-15-43(16-8-37)55(45-19-11-39(36-57)12-20-45)46-21-27-49(58-2)28-22-46)42(35-53)33-41(52)14-6-38-9-17-44(18-10-38)56(47-23-29-50(59-3)30-24-47)48-25-31-51(60-4)32-26-48/h5-34,36H,2-4H3/b13-5+,14-6+. The Hall–Kier alpha value is -8.33. The van der Waals surface area contributed by atoms with Gasteiger partial charge in [0.2, 0.25) is 0 Å². The highest BCUT2D eigenvalue weighted by molar-refractivity contribution is 5.85. The van der Waals surface area contributed by atoms with Gasteiger partial charge in [0.25, 0.3) is 0 Å². The summed E-state index contributed by atoms with van der Waals surface area (Å²) in [7, 11) is 4.93. The Kier molecular flexibility index (Phi) is 12.5. The average Bonchev–Trinajstić information content (AvgIpc) is 3.32. The number of nitrogens with zero attached hydrogens (tertiary/aromatic N) is 4. The first-order chi connectivity index (χ1) is 29.4. The minimum Gasteiger partial charge on any atom is -0.497 e. The molecular weight excluding hydrogens is 745 g/mol. The number of rotatable bonds is 14. The first-order valence-corrected chi connectivity index (χ1v) is 19.0. The fourth-order valence-corrected chi connectivity index (χ4v) is 6.72. The van der Waals surface area contributed by atoms with Crippen LogP contribution in [-0.4, -0.2) is 27.6 Å². The maximum absolute atomic E-state index is 11.3. The lowest BCUT2D eigenvalue weighted by Crippen LogP contribution is -2.09. The molecule has 0 aliphatic carbocycles. The molecule has 0 aliphatic heterocycles. The molecule has 60 heavy (non-hydrogen) atoms. The van der Waals surface area contributed by atoms with Crippen LogP contribution in [-0.2, 0) is 0 Å². The fourth-order valence-electron chi connectivity index (χ4n) is 6.72. The Labute approximate surface area is 350 Å². The predicted octanol–water partition coefficient (Wildman–Crippen LogP) is 13.2. The highest BCUT2D eigenvalue weighted by Gasteiger charge is 2.15. The third-order valence-electron chi connectivity index (χ3n) is 9.93. The Balaban J connectivity index is 1.11. The fraction of sp³-hybridized carbons (Fsp3) is 0.0577. The molecule has 7 rings (SSSR count). The molecular formula is C52H40N4O4. The zero-order valence-electron chi connectivity index (χ0n) is 33.3. The van der Waals surface area contributed by atoms with Crippen LogP contribution in [0.2, 0.25) is 0 Å². The molecule has 0 unspecified atom stereocenters. The molecule has 0 saturated carbocycles. The van der Waals surface area contributed by atoms with Crippen molar-refractivity contribution in [3.63, 3.8) is 0 Å². The van der Waals surface area contributed by atoms with Gasteiger partial charge in [-0.05, 0) is 156 Å². The van der Waals surface area contributed by atoms with Gasteiger partial charge in [0.05, 0.1) is 39.5 Å². The van der Waals surface area contributed by atoms with Gasteiger partial charge in [0.15, 0.2) is 5.69 Å². The summed E-state index contributed by atoms with van der Waals surface area (Å²) in [5.74, 6) is 2.30. The third kappa shape index (κ3) is 9.11. The van der Waals surface area contributed by atoms with E-state index in [1.54, 1.807) is 45.6 Å². The Morgan fingerprint density at radius 3 is 1.13 bits per heavy atom. The van der Waals surface area contributed by atoms with Crippen LogP contribution in [0.1, 0.15) is 38.2 Å². The van der Waals surface area contributed by atoms with Gasteiger partial charge in [-0.25, -0.2) is 4.85 Å². The maximum Gasteiger partial charge on any atom is 0.194 e. The Morgan fingerprint density at radius 2 is 0.817 bits per heavy atom. The van der Waals surface area contributed by atoms with Crippen LogP contribution in [0.25, 0.3) is 29.1 Å². The zero-order valence-corrected chi connectivity index (χ0v) is 33.3. The molecule has 0 aliphatic rings. The molecule has 0 radical (unpaired) electrons. The van der Waals surface area contributed by atoms with Crippen LogP contribution in [0.4, 0.5) is 39.8 Å². The van der Waals surface area contributed by atoms with E-state index in [2.05, 4.69) is 20.7 Å². The first-order valence-electron chi connectivity index (χ1n) is 19.0. The van der Waals surface area contributed by atoms with Crippen molar-refractivity contribution in [3.8, 4) is 23.3 Å². The monoisotopic (exact) mass is 784 g/mol. The molecule has 8 nitrogen and oxygen atoms in total. The lowest BCUT2D eigenvalue weighted by molar-refractivity contribution is 0.112. The minimum absolute atomic E-state index is 0.442. The van der Waals surface area contributed by atoms with Crippen molar-refractivity contribution >= 4 is 70.4 Å². The van der Waals surface area contributed by atoms with Gasteiger partial charge in [-0.1, -0.05) is 48.6 Å². The van der Waals surface area contributed by atoms with Crippen molar-refractivity contribution in [2.24, 2.45) is 0 Å². The van der Waals surface area contributed by atoms with E-state index in [0.717, 1.165) is 68.8 Å². The number of carbonyl (C=O) groups excluding carboxylic acids is 1. The van der Waals surface area contributed by atoms with Crippen LogP contribution in [0.3, 0.4) is 0 Å². The number of carbonyl (C=O) groups is 1. The van der Waals surface area contributed by atoms with Crippen LogP contribution in [0.5, 0.6) is 17.2 Å². The van der Waals surface area contributed by atoms with Crippen molar-refractivity contribution in [2.45, 2.75) is 0 Å². The number of hydrogen-bond donors (Lipinski definition) is 0. The normalized spacial score (nSPS) is 10.8. The lowest BCUT2D eigenvalue weighted by atomic mass is 10.0. The van der Waals surface area contributed by atoms with Crippen molar-refractivity contribution in [1.29, 1.82) is 5.26 Å². The van der Waals surface area contributed by atoms with Gasteiger partial charge in [0.1, 0.15) is 23.5 Å². The lowest BCUT2D eigenvalue weighted by Gasteiger charge is -2.26. The summed E-state index contributed by atoms with van der Waals surface area (Å²) < 4.78 is 16.1. The quantitative estimate of drug-likeness (QED) is 0.0617. The minimum atomic E-state index is 0.442. The second kappa shape index (κ2) is 18.7. The molecule has 0 spiro atoms. The molecule has 0 saturated heterocycles. The summed E-state index contributed by atoms with van der Waals surface area (Å²) in [4.78, 5) is 19.4. The van der Waals surface area contributed by atoms with E-state index in [9.17, 15) is 10.1 Å². The van der Waals surface area contributed by atoms with E-state index in [4.69, 9.17) is 20.8 Å². The molecule has 292 valence electrons. The number of aldehydes is 1. The van der Waals surface area contributed by atoms with Gasteiger partial charge in [0, 0.05) is 39.7 Å². The number of ether oxygens (including phenoxy) is 3. The summed E-state index contributed by atoms with van der Waals surface area (Å²) >= 11 is 0. The summed E-state index contributed by atoms with van der Waals surface area (Å²) in [6.45, 7) is 7.96. The summed E-state index contributed by atoms with van der Waals surface area (Å²) in [5.41, 5.74) is 10.3. The summed E-state index contributed by atoms with van der Waals surface area (Å²) in [6, 6.07) is 53.0. The van der Waals surface area contributed by atoms with Crippen LogP contribution in [0.15, 0.2) is 158 Å². The summed E-state index contributed by atoms with van der Waals surface area (Å²) in [6.07, 6.45) is 8.45. The highest BCUT2D eigenvalue weighted by Crippen LogP contribution is 2.38. The summed E-state index contributed by atoms with van der Waals surface area (Å²) in [5, 5.41) is 10.2. The van der Waals surface area contributed by atoms with Gasteiger partial charge in [-0.2, -0.15) is 5.26 Å². The van der Waals surface area contributed by atoms with Crippen molar-refractivity contribution in [3.05, 3.63) is 203 Å². The molecule has 0 bridgehead atoms. The number of nitriles is 1. The molecule has 0 fully saturated rings. The predicted molar refractivity (Wildman–Crippen MR) is 243 cm³/mol. The van der Waals surface area contributed by atoms with E-state index >= 15 is 0 Å². The van der Waals surface area contributed by atoms with E-state index in [1.165, 1.54) is 0 Å². The van der Waals surface area contributed by atoms with Crippen LogP contribution in [0, 0.1) is 17.9 Å². The molecule has 8 heteroatoms. The van der Waals surface area contributed by atoms with Gasteiger partial charge in [-0.15, -0.1) is 0 Å². The van der Waals surface area contributed by atoms with E-state index in [1.807, 2.05) is 158 Å². The zero-order chi connectivity index (χ0) is 41.8. The van der Waals surface area contributed by atoms with Gasteiger partial charge >= 0.3 is 0 Å². The molecule has 0 aromatic heterocycles. The molecule has 7 aromatic carbocycles. The third-order valence-corrected chi connectivity index (χ3v) is 9.93. The number of methoxy groups -OCH3 is 3. The highest BCUT2D eigenvalue weighted by atomic mass is 16.5. The number of benzene rings is 7.